The molecule has 1 heterocycles. The van der Waals surface area contributed by atoms with Gasteiger partial charge in [-0.05, 0) is 50.6 Å². The predicted octanol–water partition coefficient (Wildman–Crippen LogP) is 4.42. The third-order valence-electron chi connectivity index (χ3n) is 3.83. The van der Waals surface area contributed by atoms with Crippen molar-refractivity contribution >= 4 is 34.8 Å². The van der Waals surface area contributed by atoms with E-state index in [1.54, 1.807) is 24.4 Å². The molecule has 1 saturated heterocycles. The molecule has 1 aromatic rings. The molecular formula is C17H23Cl2N3O. The van der Waals surface area contributed by atoms with Crippen molar-refractivity contribution in [3.8, 4) is 0 Å². The molecule has 0 amide bonds. The number of anilines is 1. The van der Waals surface area contributed by atoms with E-state index in [0.29, 0.717) is 16.7 Å². The highest BCUT2D eigenvalue weighted by Crippen LogP contribution is 2.26. The molecule has 4 nitrogen and oxygen atoms in total. The lowest BCUT2D eigenvalue weighted by molar-refractivity contribution is 0.255. The van der Waals surface area contributed by atoms with E-state index < -0.39 is 0 Å². The lowest BCUT2D eigenvalue weighted by atomic mass is 10.3. The summed E-state index contributed by atoms with van der Waals surface area (Å²) in [6.45, 7) is 4.04. The maximum atomic E-state index is 7.81. The summed E-state index contributed by atoms with van der Waals surface area (Å²) >= 11 is 11.9. The second-order valence-electron chi connectivity index (χ2n) is 5.64. The molecule has 0 radical (unpaired) electrons. The van der Waals surface area contributed by atoms with Crippen LogP contribution in [0.25, 0.3) is 0 Å². The van der Waals surface area contributed by atoms with Crippen LogP contribution in [0.5, 0.6) is 0 Å². The molecule has 1 aliphatic heterocycles. The third kappa shape index (κ3) is 6.05. The van der Waals surface area contributed by atoms with Gasteiger partial charge in [0.15, 0.2) is 0 Å². The fourth-order valence-electron chi connectivity index (χ4n) is 2.49. The van der Waals surface area contributed by atoms with Crippen LogP contribution in [-0.4, -0.2) is 44.1 Å². The lowest BCUT2D eigenvalue weighted by Crippen LogP contribution is -2.21. The van der Waals surface area contributed by atoms with Crippen LogP contribution in [0.3, 0.4) is 0 Å². The molecule has 2 rings (SSSR count). The molecule has 1 aliphatic rings. The normalized spacial score (nSPS) is 15.3. The summed E-state index contributed by atoms with van der Waals surface area (Å²) in [5.74, 6) is 0.165. The molecule has 1 fully saturated rings. The monoisotopic (exact) mass is 355 g/mol. The summed E-state index contributed by atoms with van der Waals surface area (Å²) in [6.07, 6.45) is 6.99. The van der Waals surface area contributed by atoms with Crippen LogP contribution in [0.15, 0.2) is 30.5 Å². The molecule has 23 heavy (non-hydrogen) atoms. The highest BCUT2D eigenvalue weighted by Gasteiger charge is 2.10. The molecule has 0 aromatic heterocycles. The highest BCUT2D eigenvalue weighted by atomic mass is 35.5. The molecule has 1 aromatic carbocycles. The van der Waals surface area contributed by atoms with E-state index in [0.717, 1.165) is 18.7 Å². The van der Waals surface area contributed by atoms with Crippen molar-refractivity contribution in [2.45, 2.75) is 19.3 Å². The van der Waals surface area contributed by atoms with E-state index >= 15 is 0 Å². The van der Waals surface area contributed by atoms with E-state index in [2.05, 4.69) is 4.90 Å². The minimum atomic E-state index is 0.165. The zero-order valence-corrected chi connectivity index (χ0v) is 14.9. The van der Waals surface area contributed by atoms with Gasteiger partial charge in [-0.25, -0.2) is 0 Å². The van der Waals surface area contributed by atoms with Crippen LogP contribution in [-0.2, 0) is 4.74 Å². The zero-order chi connectivity index (χ0) is 16.7. The molecular weight excluding hydrogens is 333 g/mol. The van der Waals surface area contributed by atoms with E-state index in [1.165, 1.54) is 25.9 Å². The Bertz CT molecular complexity index is 557. The van der Waals surface area contributed by atoms with Gasteiger partial charge in [0.1, 0.15) is 0 Å². The summed E-state index contributed by atoms with van der Waals surface area (Å²) in [4.78, 5) is 4.31. The largest absolute Gasteiger partial charge is 0.478 e. The van der Waals surface area contributed by atoms with E-state index in [4.69, 9.17) is 33.3 Å². The molecule has 0 aliphatic carbocycles. The van der Waals surface area contributed by atoms with Crippen molar-refractivity contribution in [2.75, 3.05) is 38.2 Å². The van der Waals surface area contributed by atoms with Crippen LogP contribution in [0.4, 0.5) is 5.69 Å². The molecule has 0 saturated carbocycles. The van der Waals surface area contributed by atoms with Gasteiger partial charge in [0, 0.05) is 31.6 Å². The van der Waals surface area contributed by atoms with Crippen molar-refractivity contribution < 1.29 is 4.74 Å². The van der Waals surface area contributed by atoms with Gasteiger partial charge in [-0.1, -0.05) is 23.2 Å². The Hall–Kier alpha value is -1.23. The first-order valence-electron chi connectivity index (χ1n) is 7.86. The first-order chi connectivity index (χ1) is 11.1. The van der Waals surface area contributed by atoms with E-state index in [9.17, 15) is 0 Å². The Morgan fingerprint density at radius 1 is 1.30 bits per heavy atom. The minimum absolute atomic E-state index is 0.165. The van der Waals surface area contributed by atoms with Gasteiger partial charge in [-0.3, -0.25) is 5.41 Å². The number of benzene rings is 1. The number of hydrogen-bond acceptors (Lipinski definition) is 4. The van der Waals surface area contributed by atoms with Gasteiger partial charge in [-0.15, -0.1) is 0 Å². The van der Waals surface area contributed by atoms with Crippen LogP contribution >= 0.6 is 23.2 Å². The SMILES string of the molecule is CN(/C=C\C(=N)OCCCN1CCCC1)c1ccc(Cl)c(Cl)c1. The summed E-state index contributed by atoms with van der Waals surface area (Å²) in [5, 5.41) is 8.85. The second kappa shape index (κ2) is 9.16. The second-order valence-corrected chi connectivity index (χ2v) is 6.45. The van der Waals surface area contributed by atoms with Crippen molar-refractivity contribution in [2.24, 2.45) is 0 Å². The molecule has 1 N–H and O–H groups in total. The van der Waals surface area contributed by atoms with Crippen molar-refractivity contribution in [1.29, 1.82) is 5.41 Å². The summed E-state index contributed by atoms with van der Waals surface area (Å²) in [7, 11) is 1.89. The number of likely N-dealkylation sites (tertiary alicyclic amines) is 1. The van der Waals surface area contributed by atoms with Gasteiger partial charge in [-0.2, -0.15) is 0 Å². The summed E-state index contributed by atoms with van der Waals surface area (Å²) < 4.78 is 5.43. The van der Waals surface area contributed by atoms with Gasteiger partial charge in [0.2, 0.25) is 5.90 Å². The Morgan fingerprint density at radius 2 is 2.04 bits per heavy atom. The fourth-order valence-corrected chi connectivity index (χ4v) is 2.79. The molecule has 0 bridgehead atoms. The van der Waals surface area contributed by atoms with Crippen molar-refractivity contribution in [3.63, 3.8) is 0 Å². The quantitative estimate of drug-likeness (QED) is 0.447. The first kappa shape index (κ1) is 18.1. The minimum Gasteiger partial charge on any atom is -0.478 e. The number of nitrogens with one attached hydrogen (secondary N) is 1. The van der Waals surface area contributed by atoms with Gasteiger partial charge >= 0.3 is 0 Å². The maximum Gasteiger partial charge on any atom is 0.207 e. The standard InChI is InChI=1S/C17H23Cl2N3O/c1-21(14-5-6-15(18)16(19)13-14)11-7-17(20)23-12-4-10-22-8-2-3-9-22/h5-7,11,13,20H,2-4,8-10,12H2,1H3/b11-7-,20-17?. The zero-order valence-electron chi connectivity index (χ0n) is 13.4. The van der Waals surface area contributed by atoms with Crippen molar-refractivity contribution in [3.05, 3.63) is 40.5 Å². The fraction of sp³-hybridized carbons (Fsp3) is 0.471. The molecule has 0 unspecified atom stereocenters. The third-order valence-corrected chi connectivity index (χ3v) is 4.57. The Labute approximate surface area is 148 Å². The van der Waals surface area contributed by atoms with E-state index in [-0.39, 0.29) is 5.90 Å². The molecule has 0 spiro atoms. The Kier molecular flexibility index (Phi) is 7.21. The van der Waals surface area contributed by atoms with Gasteiger partial charge < -0.3 is 14.5 Å². The molecule has 0 atom stereocenters. The number of hydrogen-bond donors (Lipinski definition) is 1. The highest BCUT2D eigenvalue weighted by molar-refractivity contribution is 6.42. The number of rotatable bonds is 7. The lowest BCUT2D eigenvalue weighted by Gasteiger charge is -2.15. The molecule has 126 valence electrons. The Balaban J connectivity index is 1.70. The van der Waals surface area contributed by atoms with Crippen LogP contribution in [0, 0.1) is 5.41 Å². The average Bonchev–Trinajstić information content (AvgIpc) is 3.05. The van der Waals surface area contributed by atoms with Crippen LogP contribution in [0.2, 0.25) is 10.0 Å². The average molecular weight is 356 g/mol. The van der Waals surface area contributed by atoms with E-state index in [1.807, 2.05) is 18.0 Å². The summed E-state index contributed by atoms with van der Waals surface area (Å²) in [6, 6.07) is 5.41. The predicted molar refractivity (Wildman–Crippen MR) is 98.0 cm³/mol. The van der Waals surface area contributed by atoms with Gasteiger partial charge in [0.25, 0.3) is 0 Å². The van der Waals surface area contributed by atoms with Gasteiger partial charge in [0.05, 0.1) is 16.7 Å². The molecule has 6 heteroatoms. The smallest absolute Gasteiger partial charge is 0.207 e. The topological polar surface area (TPSA) is 39.6 Å². The number of halogens is 2. The number of nitrogens with zero attached hydrogens (tertiary/aromatic N) is 2. The summed E-state index contributed by atoms with van der Waals surface area (Å²) in [5.41, 5.74) is 0.900. The maximum absolute atomic E-state index is 7.81. The van der Waals surface area contributed by atoms with Crippen LogP contribution < -0.4 is 4.90 Å². The number of ether oxygens (including phenoxy) is 1. The first-order valence-corrected chi connectivity index (χ1v) is 8.61. The Morgan fingerprint density at radius 3 is 2.74 bits per heavy atom. The van der Waals surface area contributed by atoms with Crippen LogP contribution in [0.1, 0.15) is 19.3 Å². The van der Waals surface area contributed by atoms with Crippen molar-refractivity contribution in [1.82, 2.24) is 4.90 Å².